The Morgan fingerprint density at radius 1 is 1.06 bits per heavy atom. The van der Waals surface area contributed by atoms with Gasteiger partial charge in [0.1, 0.15) is 0 Å². The molecule has 0 aromatic heterocycles. The molecule has 0 aliphatic heterocycles. The predicted octanol–water partition coefficient (Wildman–Crippen LogP) is 4.07. The van der Waals surface area contributed by atoms with Crippen LogP contribution in [0.3, 0.4) is 0 Å². The number of aliphatic hydroxyl groups is 2. The summed E-state index contributed by atoms with van der Waals surface area (Å²) in [5.41, 5.74) is 0.316. The summed E-state index contributed by atoms with van der Waals surface area (Å²) in [4.78, 5) is 10.7. The number of hydrogen-bond acceptors (Lipinski definition) is 4. The minimum absolute atomic E-state index is 0.0203. The first-order chi connectivity index (χ1) is 14.7. The Hall–Kier alpha value is -0.650. The van der Waals surface area contributed by atoms with E-state index in [1.807, 2.05) is 0 Å². The van der Waals surface area contributed by atoms with Crippen LogP contribution in [0.5, 0.6) is 0 Å². The molecule has 0 radical (unpaired) electrons. The highest BCUT2D eigenvalue weighted by atomic mass is 16.4. The summed E-state index contributed by atoms with van der Waals surface area (Å²) in [6.07, 6.45) is 10.7. The smallest absolute Gasteiger partial charge is 0.317 e. The van der Waals surface area contributed by atoms with Crippen molar-refractivity contribution in [3.8, 4) is 0 Å². The van der Waals surface area contributed by atoms with Gasteiger partial charge in [-0.3, -0.25) is 4.79 Å². The molecule has 31 heavy (non-hydrogen) atoms. The number of carboxylic acid groups (broad SMARTS) is 1. The number of rotatable bonds is 7. The number of aliphatic carboxylic acids is 1. The van der Waals surface area contributed by atoms with E-state index in [2.05, 4.69) is 26.1 Å². The molecule has 0 saturated heterocycles. The van der Waals surface area contributed by atoms with Crippen molar-refractivity contribution in [2.75, 3.05) is 13.1 Å². The number of nitrogens with one attached hydrogen (secondary N) is 1. The average molecular weight is 436 g/mol. The lowest BCUT2D eigenvalue weighted by atomic mass is 9.43. The van der Waals surface area contributed by atoms with Crippen LogP contribution in [0.25, 0.3) is 0 Å². The first-order valence-electron chi connectivity index (χ1n) is 13.0. The standard InChI is InChI=1S/C26H45NO4/c1-16(5-4-12-27-15-24(30)31)20-8-9-21-19-7-6-17-13-18(28)10-11-25(17,2)22(19)14-23(29)26(20,21)3/h16-23,27-29H,4-15H2,1-3H3,(H,30,31)/t16-,17-,18-,19+,20-,21+,22+,23+,25+,26-/m1/s1. The molecular weight excluding hydrogens is 390 g/mol. The maximum Gasteiger partial charge on any atom is 0.317 e. The molecule has 0 unspecified atom stereocenters. The van der Waals surface area contributed by atoms with E-state index in [0.717, 1.165) is 51.0 Å². The number of fused-ring (bicyclic) bond motifs is 5. The third-order valence-corrected chi connectivity index (χ3v) is 10.8. The number of hydrogen-bond donors (Lipinski definition) is 4. The lowest BCUT2D eigenvalue weighted by Gasteiger charge is -2.62. The predicted molar refractivity (Wildman–Crippen MR) is 122 cm³/mol. The van der Waals surface area contributed by atoms with E-state index in [0.29, 0.717) is 35.0 Å². The Morgan fingerprint density at radius 3 is 2.58 bits per heavy atom. The van der Waals surface area contributed by atoms with Gasteiger partial charge < -0.3 is 20.6 Å². The maximum absolute atomic E-state index is 11.6. The van der Waals surface area contributed by atoms with Crippen molar-refractivity contribution in [1.82, 2.24) is 5.32 Å². The van der Waals surface area contributed by atoms with Crippen molar-refractivity contribution in [2.45, 2.75) is 97.2 Å². The van der Waals surface area contributed by atoms with Crippen LogP contribution in [0.4, 0.5) is 0 Å². The van der Waals surface area contributed by atoms with Crippen LogP contribution >= 0.6 is 0 Å². The van der Waals surface area contributed by atoms with Crippen molar-refractivity contribution in [2.24, 2.45) is 46.3 Å². The molecule has 0 amide bonds. The van der Waals surface area contributed by atoms with Gasteiger partial charge >= 0.3 is 5.97 Å². The van der Waals surface area contributed by atoms with E-state index >= 15 is 0 Å². The van der Waals surface area contributed by atoms with Gasteiger partial charge in [0.05, 0.1) is 18.8 Å². The van der Waals surface area contributed by atoms with Gasteiger partial charge in [0.2, 0.25) is 0 Å². The Bertz CT molecular complexity index is 655. The molecule has 4 fully saturated rings. The van der Waals surface area contributed by atoms with Gasteiger partial charge in [-0.25, -0.2) is 0 Å². The van der Waals surface area contributed by atoms with Gasteiger partial charge in [-0.2, -0.15) is 0 Å². The van der Waals surface area contributed by atoms with Gasteiger partial charge in [-0.1, -0.05) is 20.8 Å². The fraction of sp³-hybridized carbons (Fsp3) is 0.962. The van der Waals surface area contributed by atoms with Gasteiger partial charge in [0, 0.05) is 0 Å². The first kappa shape index (κ1) is 23.5. The fourth-order valence-electron chi connectivity index (χ4n) is 9.11. The maximum atomic E-state index is 11.6. The van der Waals surface area contributed by atoms with Crippen molar-refractivity contribution in [1.29, 1.82) is 0 Å². The van der Waals surface area contributed by atoms with Crippen LogP contribution in [0, 0.1) is 46.3 Å². The van der Waals surface area contributed by atoms with Crippen LogP contribution in [-0.2, 0) is 4.79 Å². The van der Waals surface area contributed by atoms with Gasteiger partial charge in [-0.15, -0.1) is 0 Å². The van der Waals surface area contributed by atoms with E-state index in [1.165, 1.54) is 25.7 Å². The molecule has 0 aromatic rings. The first-order valence-corrected chi connectivity index (χ1v) is 13.0. The highest BCUT2D eigenvalue weighted by Crippen LogP contribution is 2.68. The zero-order chi connectivity index (χ0) is 22.4. The van der Waals surface area contributed by atoms with E-state index < -0.39 is 5.97 Å². The second kappa shape index (κ2) is 8.95. The molecule has 5 nitrogen and oxygen atoms in total. The van der Waals surface area contributed by atoms with Crippen molar-refractivity contribution >= 4 is 5.97 Å². The molecule has 4 saturated carbocycles. The lowest BCUT2D eigenvalue weighted by molar-refractivity contribution is -0.174. The van der Waals surface area contributed by atoms with Crippen LogP contribution < -0.4 is 5.32 Å². The minimum Gasteiger partial charge on any atom is -0.480 e. The molecule has 0 spiro atoms. The Labute approximate surface area is 188 Å². The zero-order valence-corrected chi connectivity index (χ0v) is 19.9. The number of carbonyl (C=O) groups is 1. The summed E-state index contributed by atoms with van der Waals surface area (Å²) in [6, 6.07) is 0. The normalized spacial score (nSPS) is 47.8. The Morgan fingerprint density at radius 2 is 1.84 bits per heavy atom. The van der Waals surface area contributed by atoms with Crippen LogP contribution in [-0.4, -0.2) is 46.6 Å². The van der Waals surface area contributed by atoms with Gasteiger partial charge in [0.25, 0.3) is 0 Å². The quantitative estimate of drug-likeness (QED) is 0.453. The molecule has 0 bridgehead atoms. The molecular formula is C26H45NO4. The van der Waals surface area contributed by atoms with Gasteiger partial charge in [-0.05, 0) is 117 Å². The summed E-state index contributed by atoms with van der Waals surface area (Å²) in [5.74, 6) is 2.93. The summed E-state index contributed by atoms with van der Waals surface area (Å²) < 4.78 is 0. The monoisotopic (exact) mass is 435 g/mol. The Kier molecular flexibility index (Phi) is 6.78. The van der Waals surface area contributed by atoms with E-state index in [9.17, 15) is 15.0 Å². The molecule has 4 aliphatic carbocycles. The molecule has 178 valence electrons. The highest BCUT2D eigenvalue weighted by Gasteiger charge is 2.63. The molecule has 0 heterocycles. The zero-order valence-electron chi connectivity index (χ0n) is 19.9. The van der Waals surface area contributed by atoms with Crippen molar-refractivity contribution in [3.63, 3.8) is 0 Å². The molecule has 10 atom stereocenters. The molecule has 4 aliphatic rings. The van der Waals surface area contributed by atoms with Crippen molar-refractivity contribution in [3.05, 3.63) is 0 Å². The van der Waals surface area contributed by atoms with E-state index in [-0.39, 0.29) is 24.2 Å². The number of carboxylic acids is 1. The Balaban J connectivity index is 1.43. The third-order valence-electron chi connectivity index (χ3n) is 10.8. The van der Waals surface area contributed by atoms with E-state index in [1.54, 1.807) is 0 Å². The number of aliphatic hydroxyl groups excluding tert-OH is 2. The van der Waals surface area contributed by atoms with Crippen LogP contribution in [0.2, 0.25) is 0 Å². The van der Waals surface area contributed by atoms with E-state index in [4.69, 9.17) is 5.11 Å². The fourth-order valence-corrected chi connectivity index (χ4v) is 9.11. The molecule has 4 N–H and O–H groups in total. The highest BCUT2D eigenvalue weighted by molar-refractivity contribution is 5.68. The lowest BCUT2D eigenvalue weighted by Crippen LogP contribution is -2.58. The second-order valence-electron chi connectivity index (χ2n) is 12.1. The van der Waals surface area contributed by atoms with Crippen LogP contribution in [0.1, 0.15) is 85.0 Å². The second-order valence-corrected chi connectivity index (χ2v) is 12.1. The largest absolute Gasteiger partial charge is 0.480 e. The molecule has 0 aromatic carbocycles. The average Bonchev–Trinajstić information content (AvgIpc) is 3.07. The van der Waals surface area contributed by atoms with Crippen LogP contribution in [0.15, 0.2) is 0 Å². The molecule has 5 heteroatoms. The third kappa shape index (κ3) is 4.08. The topological polar surface area (TPSA) is 89.8 Å². The SMILES string of the molecule is C[C@H](CCCNCC(=O)O)[C@H]1CC[C@H]2[C@@H]3CC[C@@H]4C[C@H](O)CC[C@]4(C)[C@H]3C[C@H](O)[C@]12C. The minimum atomic E-state index is -0.796. The summed E-state index contributed by atoms with van der Waals surface area (Å²) >= 11 is 0. The summed E-state index contributed by atoms with van der Waals surface area (Å²) in [7, 11) is 0. The summed E-state index contributed by atoms with van der Waals surface area (Å²) in [5, 5.41) is 33.6. The summed E-state index contributed by atoms with van der Waals surface area (Å²) in [6.45, 7) is 8.02. The van der Waals surface area contributed by atoms with Gasteiger partial charge in [0.15, 0.2) is 0 Å². The van der Waals surface area contributed by atoms with Crippen molar-refractivity contribution < 1.29 is 20.1 Å². The molecule has 4 rings (SSSR count).